The average molecular weight is 440 g/mol. The van der Waals surface area contributed by atoms with Crippen molar-refractivity contribution in [3.8, 4) is 17.2 Å². The van der Waals surface area contributed by atoms with Crippen LogP contribution in [0.15, 0.2) is 42.5 Å². The number of carbonyl (C=O) groups excluding carboxylic acids is 1. The van der Waals surface area contributed by atoms with Gasteiger partial charge in [0.2, 0.25) is 5.91 Å². The lowest BCUT2D eigenvalue weighted by Gasteiger charge is -2.29. The van der Waals surface area contributed by atoms with Crippen LogP contribution in [0.1, 0.15) is 6.42 Å². The van der Waals surface area contributed by atoms with Gasteiger partial charge in [0.15, 0.2) is 0 Å². The lowest BCUT2D eigenvalue weighted by atomic mass is 10.0. The zero-order chi connectivity index (χ0) is 21.8. The van der Waals surface area contributed by atoms with Crippen molar-refractivity contribution < 1.29 is 9.90 Å². The third-order valence-electron chi connectivity index (χ3n) is 5.87. The zero-order valence-electron chi connectivity index (χ0n) is 17.2. The minimum atomic E-state index is -0.602. The Bertz CT molecular complexity index is 969. The van der Waals surface area contributed by atoms with Gasteiger partial charge in [0.25, 0.3) is 0 Å². The van der Waals surface area contributed by atoms with Crippen LogP contribution in [-0.2, 0) is 4.79 Å². The molecule has 0 radical (unpaired) electrons. The van der Waals surface area contributed by atoms with E-state index in [0.29, 0.717) is 18.0 Å². The van der Waals surface area contributed by atoms with Crippen LogP contribution in [0.3, 0.4) is 0 Å². The molecule has 0 spiro atoms. The predicted octanol–water partition coefficient (Wildman–Crippen LogP) is 2.00. The Labute approximate surface area is 187 Å². The van der Waals surface area contributed by atoms with E-state index in [1.54, 1.807) is 0 Å². The van der Waals surface area contributed by atoms with E-state index in [1.807, 2.05) is 29.2 Å². The van der Waals surface area contributed by atoms with Gasteiger partial charge in [-0.2, -0.15) is 5.26 Å². The number of nitrogens with zero attached hydrogens (tertiary/aromatic N) is 3. The summed E-state index contributed by atoms with van der Waals surface area (Å²) in [4.78, 5) is 16.7. The van der Waals surface area contributed by atoms with E-state index in [4.69, 9.17) is 16.9 Å². The molecule has 2 aromatic carbocycles. The van der Waals surface area contributed by atoms with Crippen LogP contribution in [0.4, 0.5) is 11.4 Å². The number of aliphatic hydroxyl groups is 1. The molecule has 0 aliphatic carbocycles. The lowest BCUT2D eigenvalue weighted by Crippen LogP contribution is -2.43. The van der Waals surface area contributed by atoms with Crippen LogP contribution in [0.25, 0.3) is 11.1 Å². The Balaban J connectivity index is 1.58. The number of benzene rings is 2. The first-order valence-corrected chi connectivity index (χ1v) is 10.9. The molecule has 162 valence electrons. The zero-order valence-corrected chi connectivity index (χ0v) is 18.0. The lowest BCUT2D eigenvalue weighted by molar-refractivity contribution is -0.122. The second kappa shape index (κ2) is 9.56. The maximum absolute atomic E-state index is 12.5. The Morgan fingerprint density at radius 1 is 1.19 bits per heavy atom. The highest BCUT2D eigenvalue weighted by Gasteiger charge is 2.36. The van der Waals surface area contributed by atoms with Gasteiger partial charge in [0.1, 0.15) is 12.6 Å². The van der Waals surface area contributed by atoms with E-state index in [1.165, 1.54) is 5.69 Å². The van der Waals surface area contributed by atoms with Gasteiger partial charge in [0.05, 0.1) is 12.2 Å². The highest BCUT2D eigenvalue weighted by molar-refractivity contribution is 6.33. The topological polar surface area (TPSA) is 91.6 Å². The molecule has 3 N–H and O–H groups in total. The van der Waals surface area contributed by atoms with Crippen molar-refractivity contribution >= 4 is 28.9 Å². The van der Waals surface area contributed by atoms with E-state index in [0.717, 1.165) is 43.0 Å². The molecule has 2 saturated heterocycles. The predicted molar refractivity (Wildman–Crippen MR) is 122 cm³/mol. The van der Waals surface area contributed by atoms with E-state index >= 15 is 0 Å². The smallest absolute Gasteiger partial charge is 0.243 e. The van der Waals surface area contributed by atoms with Crippen molar-refractivity contribution in [1.82, 2.24) is 10.6 Å². The van der Waals surface area contributed by atoms with Crippen molar-refractivity contribution in [1.29, 1.82) is 5.26 Å². The van der Waals surface area contributed by atoms with Gasteiger partial charge in [0, 0.05) is 61.1 Å². The first kappa shape index (κ1) is 21.4. The highest BCUT2D eigenvalue weighted by atomic mass is 35.5. The van der Waals surface area contributed by atoms with E-state index < -0.39 is 12.1 Å². The van der Waals surface area contributed by atoms with Gasteiger partial charge in [-0.1, -0.05) is 23.7 Å². The maximum Gasteiger partial charge on any atom is 0.243 e. The summed E-state index contributed by atoms with van der Waals surface area (Å²) in [7, 11) is 0. The van der Waals surface area contributed by atoms with Crippen LogP contribution >= 0.6 is 11.6 Å². The Hall–Kier alpha value is -2.79. The number of carbonyl (C=O) groups is 1. The fourth-order valence-electron chi connectivity index (χ4n) is 4.28. The minimum absolute atomic E-state index is 0.0510. The van der Waals surface area contributed by atoms with Crippen LogP contribution in [0, 0.1) is 11.3 Å². The molecule has 2 aliphatic rings. The van der Waals surface area contributed by atoms with Gasteiger partial charge in [-0.05, 0) is 35.9 Å². The molecule has 8 heteroatoms. The number of rotatable bonds is 5. The maximum atomic E-state index is 12.5. The summed E-state index contributed by atoms with van der Waals surface area (Å²) in [5.41, 5.74) is 3.88. The number of nitrogens with one attached hydrogen (secondary N) is 2. The quantitative estimate of drug-likeness (QED) is 0.617. The van der Waals surface area contributed by atoms with Gasteiger partial charge >= 0.3 is 0 Å². The fraction of sp³-hybridized carbons (Fsp3) is 0.391. The molecule has 0 aromatic heterocycles. The first-order valence-electron chi connectivity index (χ1n) is 10.5. The van der Waals surface area contributed by atoms with Gasteiger partial charge in [-0.25, -0.2) is 0 Å². The molecule has 2 aliphatic heterocycles. The fourth-order valence-corrected chi connectivity index (χ4v) is 4.51. The van der Waals surface area contributed by atoms with Crippen LogP contribution in [-0.4, -0.2) is 62.4 Å². The number of amides is 1. The standard InChI is InChI=1S/C23H26ClN5O2/c24-21-6-5-18(29-15-19(30)14-22(29)23(31)27-8-7-25)13-20(21)16-1-3-17(4-2-16)28-11-9-26-10-12-28/h1-6,13,19,22,26,30H,8-12,14-15H2,(H,27,31)/t19-,22-/m0/s1. The second-order valence-electron chi connectivity index (χ2n) is 7.88. The van der Waals surface area contributed by atoms with Gasteiger partial charge in [-0.15, -0.1) is 0 Å². The number of halogens is 1. The van der Waals surface area contributed by atoms with Crippen molar-refractivity contribution in [3.63, 3.8) is 0 Å². The second-order valence-corrected chi connectivity index (χ2v) is 8.29. The first-order chi connectivity index (χ1) is 15.1. The molecule has 0 saturated carbocycles. The SMILES string of the molecule is N#CCNC(=O)[C@@H]1C[C@H](O)CN1c1ccc(Cl)c(-c2ccc(N3CCNCC3)cc2)c1. The molecule has 7 nitrogen and oxygen atoms in total. The molecular formula is C23H26ClN5O2. The van der Waals surface area contributed by atoms with Crippen molar-refractivity contribution in [2.45, 2.75) is 18.6 Å². The summed E-state index contributed by atoms with van der Waals surface area (Å²) in [6.45, 7) is 4.25. The summed E-state index contributed by atoms with van der Waals surface area (Å²) < 4.78 is 0. The Morgan fingerprint density at radius 3 is 2.61 bits per heavy atom. The third kappa shape index (κ3) is 4.77. The number of hydrogen-bond donors (Lipinski definition) is 3. The molecule has 2 aromatic rings. The van der Waals surface area contributed by atoms with Gasteiger partial charge in [-0.3, -0.25) is 4.79 Å². The van der Waals surface area contributed by atoms with Crippen LogP contribution in [0.5, 0.6) is 0 Å². The van der Waals surface area contributed by atoms with E-state index in [-0.39, 0.29) is 12.5 Å². The molecule has 0 bridgehead atoms. The molecular weight excluding hydrogens is 414 g/mol. The largest absolute Gasteiger partial charge is 0.391 e. The number of piperazine rings is 1. The minimum Gasteiger partial charge on any atom is -0.391 e. The number of nitriles is 1. The average Bonchev–Trinajstić information content (AvgIpc) is 3.20. The van der Waals surface area contributed by atoms with Crippen molar-refractivity contribution in [3.05, 3.63) is 47.5 Å². The summed E-state index contributed by atoms with van der Waals surface area (Å²) in [6, 6.07) is 15.4. The Morgan fingerprint density at radius 2 is 1.90 bits per heavy atom. The third-order valence-corrected chi connectivity index (χ3v) is 6.19. The molecule has 4 rings (SSSR count). The highest BCUT2D eigenvalue weighted by Crippen LogP contribution is 2.35. The molecule has 2 atom stereocenters. The molecule has 2 fully saturated rings. The molecule has 31 heavy (non-hydrogen) atoms. The number of anilines is 2. The molecule has 1 amide bonds. The Kier molecular flexibility index (Phi) is 6.62. The number of aliphatic hydroxyl groups excluding tert-OH is 1. The number of hydrogen-bond acceptors (Lipinski definition) is 6. The van der Waals surface area contributed by atoms with Crippen LogP contribution in [0.2, 0.25) is 5.02 Å². The molecule has 0 unspecified atom stereocenters. The summed E-state index contributed by atoms with van der Waals surface area (Å²) >= 11 is 6.52. The van der Waals surface area contributed by atoms with E-state index in [2.05, 4.69) is 39.8 Å². The van der Waals surface area contributed by atoms with Crippen molar-refractivity contribution in [2.75, 3.05) is 49.1 Å². The number of β-amino-alcohol motifs (C(OH)–C–C–N with tert-alkyl or cyclic N) is 1. The summed E-state index contributed by atoms with van der Waals surface area (Å²) in [5, 5.41) is 25.5. The normalized spacial score (nSPS) is 21.1. The van der Waals surface area contributed by atoms with Gasteiger partial charge < -0.3 is 25.5 Å². The van der Waals surface area contributed by atoms with Crippen LogP contribution < -0.4 is 20.4 Å². The van der Waals surface area contributed by atoms with E-state index in [9.17, 15) is 9.90 Å². The summed E-state index contributed by atoms with van der Waals surface area (Å²) in [6.07, 6.45) is -0.274. The molecule has 2 heterocycles. The monoisotopic (exact) mass is 439 g/mol. The summed E-state index contributed by atoms with van der Waals surface area (Å²) in [5.74, 6) is -0.255. The van der Waals surface area contributed by atoms with Crippen molar-refractivity contribution in [2.24, 2.45) is 0 Å².